The third kappa shape index (κ3) is 8.06. The van der Waals surface area contributed by atoms with E-state index >= 15 is 0 Å². The zero-order chi connectivity index (χ0) is 21.0. The summed E-state index contributed by atoms with van der Waals surface area (Å²) in [5.41, 5.74) is 1.10. The fraction of sp³-hybridized carbons (Fsp3) is 0.750. The molecule has 1 atom stereocenters. The average molecular weight is 421 g/mol. The summed E-state index contributed by atoms with van der Waals surface area (Å²) in [7, 11) is 1.67. The van der Waals surface area contributed by atoms with E-state index in [1.54, 1.807) is 7.11 Å². The van der Waals surface area contributed by atoms with E-state index < -0.39 is 6.10 Å². The highest BCUT2D eigenvalue weighted by atomic mass is 16.5. The molecule has 0 amide bonds. The number of ether oxygens (including phenoxy) is 3. The number of aliphatic hydroxyl groups excluding tert-OH is 1. The van der Waals surface area contributed by atoms with Crippen molar-refractivity contribution in [3.63, 3.8) is 0 Å². The van der Waals surface area contributed by atoms with Crippen molar-refractivity contribution in [2.24, 2.45) is 5.92 Å². The Morgan fingerprint density at radius 1 is 1.13 bits per heavy atom. The van der Waals surface area contributed by atoms with Gasteiger partial charge in [-0.25, -0.2) is 0 Å². The van der Waals surface area contributed by atoms with Crippen LogP contribution in [0.1, 0.15) is 50.5 Å². The van der Waals surface area contributed by atoms with Gasteiger partial charge in [0.25, 0.3) is 0 Å². The van der Waals surface area contributed by atoms with Gasteiger partial charge in [-0.3, -0.25) is 0 Å². The Morgan fingerprint density at radius 3 is 2.60 bits per heavy atom. The molecule has 2 aliphatic heterocycles. The van der Waals surface area contributed by atoms with Crippen molar-refractivity contribution in [1.29, 1.82) is 0 Å². The second-order valence-corrected chi connectivity index (χ2v) is 8.69. The van der Waals surface area contributed by atoms with Gasteiger partial charge in [-0.2, -0.15) is 0 Å². The zero-order valence-corrected chi connectivity index (χ0v) is 18.6. The molecule has 0 radical (unpaired) electrons. The van der Waals surface area contributed by atoms with Crippen LogP contribution in [0.3, 0.4) is 0 Å². The number of likely N-dealkylation sites (tertiary alicyclic amines) is 1. The molecule has 0 bridgehead atoms. The Morgan fingerprint density at radius 2 is 1.87 bits per heavy atom. The number of nitrogens with zero attached hydrogens (tertiary/aromatic N) is 1. The Hall–Kier alpha value is -1.34. The number of benzene rings is 1. The molecular weight excluding hydrogens is 380 g/mol. The van der Waals surface area contributed by atoms with Crippen molar-refractivity contribution < 1.29 is 19.3 Å². The van der Waals surface area contributed by atoms with Crippen molar-refractivity contribution in [3.8, 4) is 11.5 Å². The molecule has 6 nitrogen and oxygen atoms in total. The van der Waals surface area contributed by atoms with Crippen LogP contribution in [0.4, 0.5) is 0 Å². The standard InChI is InChI=1S/C24H40N2O4/c1-28-23-8-7-21(17-25-16-20-9-13-29-14-10-20)24(15-23)30-19-22(27)18-26-11-5-3-2-4-6-12-26/h7-8,15,20,22,25,27H,2-6,9-14,16-19H2,1H3/t22-/m0/s1. The lowest BCUT2D eigenvalue weighted by molar-refractivity contribution is 0.0644. The number of β-amino-alcohol motifs (C(OH)–C–C–N with tert-alkyl or cyclic N) is 1. The number of methoxy groups -OCH3 is 1. The van der Waals surface area contributed by atoms with Crippen molar-refractivity contribution >= 4 is 0 Å². The molecule has 2 fully saturated rings. The Balaban J connectivity index is 1.48. The molecule has 2 heterocycles. The fourth-order valence-corrected chi connectivity index (χ4v) is 4.34. The van der Waals surface area contributed by atoms with Crippen LogP contribution in [-0.2, 0) is 11.3 Å². The molecule has 0 aliphatic carbocycles. The summed E-state index contributed by atoms with van der Waals surface area (Å²) < 4.78 is 16.9. The lowest BCUT2D eigenvalue weighted by atomic mass is 10.0. The van der Waals surface area contributed by atoms with E-state index in [-0.39, 0.29) is 0 Å². The maximum Gasteiger partial charge on any atom is 0.127 e. The van der Waals surface area contributed by atoms with Gasteiger partial charge >= 0.3 is 0 Å². The minimum absolute atomic E-state index is 0.302. The summed E-state index contributed by atoms with van der Waals surface area (Å²) in [6.07, 6.45) is 8.18. The molecule has 30 heavy (non-hydrogen) atoms. The Labute approximate surface area is 181 Å². The van der Waals surface area contributed by atoms with Crippen LogP contribution < -0.4 is 14.8 Å². The second kappa shape index (κ2) is 13.2. The van der Waals surface area contributed by atoms with Crippen molar-refractivity contribution in [2.45, 2.75) is 57.6 Å². The van der Waals surface area contributed by atoms with Gasteiger partial charge in [-0.15, -0.1) is 0 Å². The predicted octanol–water partition coefficient (Wildman–Crippen LogP) is 3.22. The summed E-state index contributed by atoms with van der Waals surface area (Å²) in [6.45, 7) is 6.63. The van der Waals surface area contributed by atoms with Crippen molar-refractivity contribution in [2.75, 3.05) is 53.1 Å². The third-order valence-electron chi connectivity index (χ3n) is 6.21. The van der Waals surface area contributed by atoms with Gasteiger partial charge in [0.15, 0.2) is 0 Å². The molecule has 2 N–H and O–H groups in total. The largest absolute Gasteiger partial charge is 0.497 e. The Bertz CT molecular complexity index is 599. The molecule has 2 saturated heterocycles. The highest BCUT2D eigenvalue weighted by Crippen LogP contribution is 2.25. The molecule has 3 rings (SSSR count). The summed E-state index contributed by atoms with van der Waals surface area (Å²) in [5.74, 6) is 2.25. The van der Waals surface area contributed by atoms with Gasteiger partial charge < -0.3 is 29.5 Å². The fourth-order valence-electron chi connectivity index (χ4n) is 4.34. The summed E-state index contributed by atoms with van der Waals surface area (Å²) in [5, 5.41) is 14.1. The van der Waals surface area contributed by atoms with E-state index in [9.17, 15) is 5.11 Å². The van der Waals surface area contributed by atoms with E-state index in [0.717, 1.165) is 69.3 Å². The molecule has 6 heteroatoms. The maximum atomic E-state index is 10.6. The average Bonchev–Trinajstić information content (AvgIpc) is 2.75. The second-order valence-electron chi connectivity index (χ2n) is 8.69. The lowest BCUT2D eigenvalue weighted by Crippen LogP contribution is -2.37. The number of hydrogen-bond acceptors (Lipinski definition) is 6. The van der Waals surface area contributed by atoms with Gasteiger partial charge in [-0.05, 0) is 57.3 Å². The van der Waals surface area contributed by atoms with Crippen LogP contribution >= 0.6 is 0 Å². The minimum atomic E-state index is -0.487. The molecule has 0 saturated carbocycles. The van der Waals surface area contributed by atoms with E-state index in [2.05, 4.69) is 16.3 Å². The highest BCUT2D eigenvalue weighted by Gasteiger charge is 2.16. The summed E-state index contributed by atoms with van der Waals surface area (Å²) in [6, 6.07) is 5.94. The monoisotopic (exact) mass is 420 g/mol. The predicted molar refractivity (Wildman–Crippen MR) is 119 cm³/mol. The number of aliphatic hydroxyl groups is 1. The first kappa shape index (κ1) is 23.3. The number of nitrogens with one attached hydrogen (secondary N) is 1. The minimum Gasteiger partial charge on any atom is -0.497 e. The third-order valence-corrected chi connectivity index (χ3v) is 6.21. The number of rotatable bonds is 10. The first-order chi connectivity index (χ1) is 14.7. The first-order valence-electron chi connectivity index (χ1n) is 11.7. The van der Waals surface area contributed by atoms with Gasteiger partial charge in [-0.1, -0.05) is 25.3 Å². The quantitative estimate of drug-likeness (QED) is 0.606. The molecular formula is C24H40N2O4. The highest BCUT2D eigenvalue weighted by molar-refractivity contribution is 5.40. The van der Waals surface area contributed by atoms with Gasteiger partial charge in [0, 0.05) is 37.9 Å². The van der Waals surface area contributed by atoms with Gasteiger partial charge in [0.2, 0.25) is 0 Å². The van der Waals surface area contributed by atoms with E-state index in [0.29, 0.717) is 19.1 Å². The molecule has 1 aromatic rings. The summed E-state index contributed by atoms with van der Waals surface area (Å²) >= 11 is 0. The van der Waals surface area contributed by atoms with Gasteiger partial charge in [0.1, 0.15) is 24.2 Å². The summed E-state index contributed by atoms with van der Waals surface area (Å²) in [4.78, 5) is 2.38. The number of hydrogen-bond donors (Lipinski definition) is 2. The molecule has 0 aromatic heterocycles. The van der Waals surface area contributed by atoms with Crippen LogP contribution in [0.5, 0.6) is 11.5 Å². The van der Waals surface area contributed by atoms with Crippen LogP contribution in [0.2, 0.25) is 0 Å². The van der Waals surface area contributed by atoms with E-state index in [1.165, 1.54) is 32.1 Å². The SMILES string of the molecule is COc1ccc(CNCC2CCOCC2)c(OC[C@@H](O)CN2CCCCCCC2)c1. The normalized spacial score (nSPS) is 20.3. The molecule has 1 aromatic carbocycles. The van der Waals surface area contributed by atoms with Crippen molar-refractivity contribution in [1.82, 2.24) is 10.2 Å². The molecule has 0 unspecified atom stereocenters. The topological polar surface area (TPSA) is 63.2 Å². The zero-order valence-electron chi connectivity index (χ0n) is 18.6. The molecule has 0 spiro atoms. The lowest BCUT2D eigenvalue weighted by Gasteiger charge is -2.27. The van der Waals surface area contributed by atoms with Crippen LogP contribution in [-0.4, -0.2) is 69.2 Å². The van der Waals surface area contributed by atoms with Gasteiger partial charge in [0.05, 0.1) is 7.11 Å². The Kier molecular flexibility index (Phi) is 10.2. The maximum absolute atomic E-state index is 10.6. The van der Waals surface area contributed by atoms with Crippen LogP contribution in [0.15, 0.2) is 18.2 Å². The van der Waals surface area contributed by atoms with E-state index in [1.807, 2.05) is 12.1 Å². The van der Waals surface area contributed by atoms with Crippen molar-refractivity contribution in [3.05, 3.63) is 23.8 Å². The van der Waals surface area contributed by atoms with Crippen LogP contribution in [0, 0.1) is 5.92 Å². The van der Waals surface area contributed by atoms with E-state index in [4.69, 9.17) is 14.2 Å². The van der Waals surface area contributed by atoms with Crippen LogP contribution in [0.25, 0.3) is 0 Å². The molecule has 2 aliphatic rings. The molecule has 170 valence electrons. The first-order valence-corrected chi connectivity index (χ1v) is 11.7. The smallest absolute Gasteiger partial charge is 0.127 e.